The molecular formula is C20H38O2. The Morgan fingerprint density at radius 1 is 0.636 bits per heavy atom. The summed E-state index contributed by atoms with van der Waals surface area (Å²) >= 11 is 0. The van der Waals surface area contributed by atoms with Gasteiger partial charge in [-0.25, -0.2) is 0 Å². The molecule has 2 atom stereocenters. The summed E-state index contributed by atoms with van der Waals surface area (Å²) in [6.07, 6.45) is 16.5. The van der Waals surface area contributed by atoms with Gasteiger partial charge in [-0.3, -0.25) is 0 Å². The summed E-state index contributed by atoms with van der Waals surface area (Å²) in [5, 5.41) is 21.1. The smallest absolute Gasteiger partial charge is 0.0902 e. The molecule has 0 aliphatic rings. The lowest BCUT2D eigenvalue weighted by Crippen LogP contribution is -2.49. The highest BCUT2D eigenvalue weighted by molar-refractivity contribution is 4.93. The van der Waals surface area contributed by atoms with Crippen molar-refractivity contribution in [2.24, 2.45) is 0 Å². The highest BCUT2D eigenvalue weighted by Gasteiger charge is 2.40. The Balaban J connectivity index is 3.77. The summed E-state index contributed by atoms with van der Waals surface area (Å²) in [5.74, 6) is 0. The van der Waals surface area contributed by atoms with Gasteiger partial charge in [0, 0.05) is 0 Å². The summed E-state index contributed by atoms with van der Waals surface area (Å²) in [6.45, 7) is 11.0. The number of hydrogen-bond donors (Lipinski definition) is 2. The van der Waals surface area contributed by atoms with Gasteiger partial charge in [0.05, 0.1) is 11.2 Å². The van der Waals surface area contributed by atoms with Crippen LogP contribution in [0.5, 0.6) is 0 Å². The molecule has 0 aliphatic heterocycles. The second kappa shape index (κ2) is 11.9. The molecule has 0 heterocycles. The zero-order chi connectivity index (χ0) is 16.9. The minimum atomic E-state index is -1.01. The van der Waals surface area contributed by atoms with Crippen LogP contribution in [-0.2, 0) is 0 Å². The van der Waals surface area contributed by atoms with Gasteiger partial charge in [0.1, 0.15) is 0 Å². The molecule has 0 aromatic heterocycles. The highest BCUT2D eigenvalue weighted by Crippen LogP contribution is 2.32. The van der Waals surface area contributed by atoms with Crippen molar-refractivity contribution in [3.63, 3.8) is 0 Å². The topological polar surface area (TPSA) is 40.5 Å². The fraction of sp³-hybridized carbons (Fsp3) is 0.800. The molecule has 0 spiro atoms. The van der Waals surface area contributed by atoms with Gasteiger partial charge in [0.2, 0.25) is 0 Å². The SMILES string of the molecule is C=CCCCCCCCCC[C@](C)(O)[C@@](C)(O)CCCC=C. The number of rotatable bonds is 15. The monoisotopic (exact) mass is 310 g/mol. The zero-order valence-electron chi connectivity index (χ0n) is 14.9. The first-order valence-corrected chi connectivity index (χ1v) is 9.04. The first-order valence-electron chi connectivity index (χ1n) is 9.04. The molecular weight excluding hydrogens is 272 g/mol. The molecule has 0 fully saturated rings. The van der Waals surface area contributed by atoms with Crippen molar-refractivity contribution >= 4 is 0 Å². The fourth-order valence-electron chi connectivity index (χ4n) is 2.77. The Hall–Kier alpha value is -0.600. The minimum Gasteiger partial charge on any atom is -0.387 e. The third-order valence-electron chi connectivity index (χ3n) is 4.80. The van der Waals surface area contributed by atoms with E-state index in [4.69, 9.17) is 0 Å². The Labute approximate surface area is 138 Å². The van der Waals surface area contributed by atoms with Crippen LogP contribution in [0.1, 0.15) is 90.9 Å². The van der Waals surface area contributed by atoms with Crippen LogP contribution in [0, 0.1) is 0 Å². The maximum atomic E-state index is 10.6. The lowest BCUT2D eigenvalue weighted by Gasteiger charge is -2.39. The highest BCUT2D eigenvalue weighted by atomic mass is 16.4. The molecule has 0 bridgehead atoms. The zero-order valence-corrected chi connectivity index (χ0v) is 14.9. The standard InChI is InChI=1S/C20H38O2/c1-5-7-9-10-11-12-13-14-16-18-20(4,22)19(3,21)17-15-8-6-2/h5-6,21-22H,1-2,7-18H2,3-4H3/t19-,20-/m0/s1. The van der Waals surface area contributed by atoms with E-state index in [1.807, 2.05) is 12.2 Å². The lowest BCUT2D eigenvalue weighted by molar-refractivity contribution is -0.140. The number of unbranched alkanes of at least 4 members (excludes halogenated alkanes) is 8. The molecule has 2 N–H and O–H groups in total. The van der Waals surface area contributed by atoms with E-state index in [1.54, 1.807) is 13.8 Å². The van der Waals surface area contributed by atoms with E-state index in [2.05, 4.69) is 13.2 Å². The van der Waals surface area contributed by atoms with Gasteiger partial charge in [-0.05, 0) is 52.4 Å². The van der Waals surface area contributed by atoms with Gasteiger partial charge < -0.3 is 10.2 Å². The van der Waals surface area contributed by atoms with E-state index in [0.717, 1.165) is 32.1 Å². The second-order valence-electron chi connectivity index (χ2n) is 7.03. The fourth-order valence-corrected chi connectivity index (χ4v) is 2.77. The molecule has 22 heavy (non-hydrogen) atoms. The molecule has 2 nitrogen and oxygen atoms in total. The van der Waals surface area contributed by atoms with E-state index in [9.17, 15) is 10.2 Å². The molecule has 0 saturated carbocycles. The first-order chi connectivity index (χ1) is 10.4. The maximum absolute atomic E-state index is 10.6. The largest absolute Gasteiger partial charge is 0.387 e. The molecule has 0 radical (unpaired) electrons. The van der Waals surface area contributed by atoms with Crippen LogP contribution in [0.25, 0.3) is 0 Å². The molecule has 0 aromatic rings. The maximum Gasteiger partial charge on any atom is 0.0902 e. The quantitative estimate of drug-likeness (QED) is 0.308. The van der Waals surface area contributed by atoms with Crippen LogP contribution in [0.4, 0.5) is 0 Å². The van der Waals surface area contributed by atoms with Gasteiger partial charge in [-0.15, -0.1) is 13.2 Å². The molecule has 2 heteroatoms. The van der Waals surface area contributed by atoms with Crippen molar-refractivity contribution < 1.29 is 10.2 Å². The lowest BCUT2D eigenvalue weighted by atomic mass is 9.78. The molecule has 0 aliphatic carbocycles. The first kappa shape index (κ1) is 21.4. The van der Waals surface area contributed by atoms with Crippen LogP contribution < -0.4 is 0 Å². The Kier molecular flexibility index (Phi) is 11.6. The predicted molar refractivity (Wildman–Crippen MR) is 97.0 cm³/mol. The van der Waals surface area contributed by atoms with Gasteiger partial charge in [-0.2, -0.15) is 0 Å². The third-order valence-corrected chi connectivity index (χ3v) is 4.80. The number of hydrogen-bond acceptors (Lipinski definition) is 2. The molecule has 0 aromatic carbocycles. The third kappa shape index (κ3) is 9.42. The van der Waals surface area contributed by atoms with Gasteiger partial charge >= 0.3 is 0 Å². The summed E-state index contributed by atoms with van der Waals surface area (Å²) in [7, 11) is 0. The minimum absolute atomic E-state index is 0.620. The normalized spacial score (nSPS) is 16.7. The average molecular weight is 311 g/mol. The molecule has 130 valence electrons. The van der Waals surface area contributed by atoms with E-state index >= 15 is 0 Å². The summed E-state index contributed by atoms with van der Waals surface area (Å²) in [5.41, 5.74) is -2.02. The second-order valence-corrected chi connectivity index (χ2v) is 7.03. The van der Waals surface area contributed by atoms with Gasteiger partial charge in [0.15, 0.2) is 0 Å². The van der Waals surface area contributed by atoms with E-state index in [-0.39, 0.29) is 0 Å². The molecule has 0 saturated heterocycles. The van der Waals surface area contributed by atoms with Crippen molar-refractivity contribution in [1.29, 1.82) is 0 Å². The van der Waals surface area contributed by atoms with E-state index < -0.39 is 11.2 Å². The Morgan fingerprint density at radius 2 is 1.00 bits per heavy atom. The van der Waals surface area contributed by atoms with Crippen molar-refractivity contribution in [2.45, 2.75) is 102 Å². The van der Waals surface area contributed by atoms with Crippen LogP contribution >= 0.6 is 0 Å². The molecule has 0 rings (SSSR count). The summed E-state index contributed by atoms with van der Waals surface area (Å²) in [6, 6.07) is 0. The summed E-state index contributed by atoms with van der Waals surface area (Å²) < 4.78 is 0. The van der Waals surface area contributed by atoms with Crippen LogP contribution in [-0.4, -0.2) is 21.4 Å². The molecule has 0 amide bonds. The number of allylic oxidation sites excluding steroid dienone is 2. The van der Waals surface area contributed by atoms with Crippen LogP contribution in [0.2, 0.25) is 0 Å². The van der Waals surface area contributed by atoms with Crippen molar-refractivity contribution in [2.75, 3.05) is 0 Å². The number of aliphatic hydroxyl groups is 2. The van der Waals surface area contributed by atoms with E-state index in [1.165, 1.54) is 32.1 Å². The predicted octanol–water partition coefficient (Wildman–Crippen LogP) is 5.54. The van der Waals surface area contributed by atoms with Crippen molar-refractivity contribution in [1.82, 2.24) is 0 Å². The van der Waals surface area contributed by atoms with Gasteiger partial charge in [-0.1, -0.05) is 50.7 Å². The molecule has 0 unspecified atom stereocenters. The Morgan fingerprint density at radius 3 is 1.50 bits per heavy atom. The van der Waals surface area contributed by atoms with Crippen LogP contribution in [0.15, 0.2) is 25.3 Å². The van der Waals surface area contributed by atoms with Crippen molar-refractivity contribution in [3.8, 4) is 0 Å². The van der Waals surface area contributed by atoms with Gasteiger partial charge in [0.25, 0.3) is 0 Å². The van der Waals surface area contributed by atoms with E-state index in [0.29, 0.717) is 12.8 Å². The van der Waals surface area contributed by atoms with Crippen LogP contribution in [0.3, 0.4) is 0 Å². The average Bonchev–Trinajstić information content (AvgIpc) is 2.45. The Bertz CT molecular complexity index is 292. The van der Waals surface area contributed by atoms with Crippen molar-refractivity contribution in [3.05, 3.63) is 25.3 Å². The summed E-state index contributed by atoms with van der Waals surface area (Å²) in [4.78, 5) is 0.